The number of fused-ring (bicyclic) bond motifs is 3. The van der Waals surface area contributed by atoms with Gasteiger partial charge in [0.05, 0.1) is 24.9 Å². The third-order valence-corrected chi connectivity index (χ3v) is 7.11. The first-order valence-corrected chi connectivity index (χ1v) is 12.5. The molecule has 1 amide bonds. The summed E-state index contributed by atoms with van der Waals surface area (Å²) >= 11 is 1.53. The van der Waals surface area contributed by atoms with Crippen LogP contribution >= 0.6 is 11.3 Å². The van der Waals surface area contributed by atoms with Gasteiger partial charge in [0.25, 0.3) is 11.5 Å². The van der Waals surface area contributed by atoms with Crippen molar-refractivity contribution in [3.8, 4) is 5.75 Å². The second-order valence-corrected chi connectivity index (χ2v) is 9.87. The summed E-state index contributed by atoms with van der Waals surface area (Å²) in [5.41, 5.74) is 1.76. The van der Waals surface area contributed by atoms with E-state index in [2.05, 4.69) is 16.8 Å². The molecule has 0 fully saturated rings. The Bertz CT molecular complexity index is 1170. The van der Waals surface area contributed by atoms with Gasteiger partial charge in [0.15, 0.2) is 0 Å². The van der Waals surface area contributed by atoms with Crippen molar-refractivity contribution in [1.29, 1.82) is 0 Å². The standard InChI is InChI=1S/C25H32N4O3S/c1-4-5-15-32-19-9-7-18(8-10-19)24(30)28-14-11-20-21(16-28)33-23-22(20)25(31)29(17-26-23)13-6-12-27(2)3/h7-10,17H,4-6,11-16H2,1-3H3. The van der Waals surface area contributed by atoms with Crippen LogP contribution in [0.1, 0.15) is 47.0 Å². The van der Waals surface area contributed by atoms with Gasteiger partial charge in [-0.15, -0.1) is 11.3 Å². The van der Waals surface area contributed by atoms with Crippen molar-refractivity contribution in [2.45, 2.75) is 45.7 Å². The van der Waals surface area contributed by atoms with E-state index in [0.717, 1.165) is 52.2 Å². The summed E-state index contributed by atoms with van der Waals surface area (Å²) in [6, 6.07) is 7.39. The Labute approximate surface area is 198 Å². The van der Waals surface area contributed by atoms with Crippen molar-refractivity contribution in [2.75, 3.05) is 33.8 Å². The maximum absolute atomic E-state index is 13.1. The minimum Gasteiger partial charge on any atom is -0.494 e. The molecule has 0 radical (unpaired) electrons. The van der Waals surface area contributed by atoms with Crippen molar-refractivity contribution in [2.24, 2.45) is 0 Å². The molecule has 33 heavy (non-hydrogen) atoms. The molecule has 4 rings (SSSR count). The largest absolute Gasteiger partial charge is 0.494 e. The lowest BCUT2D eigenvalue weighted by Gasteiger charge is -2.27. The number of hydrogen-bond acceptors (Lipinski definition) is 6. The van der Waals surface area contributed by atoms with Crippen LogP contribution in [-0.4, -0.2) is 59.0 Å². The maximum atomic E-state index is 13.1. The normalized spacial score (nSPS) is 13.5. The number of aryl methyl sites for hydroxylation is 1. The quantitative estimate of drug-likeness (QED) is 0.447. The van der Waals surface area contributed by atoms with Crippen LogP contribution in [0.25, 0.3) is 10.2 Å². The van der Waals surface area contributed by atoms with Gasteiger partial charge < -0.3 is 14.5 Å². The molecule has 7 nitrogen and oxygen atoms in total. The Morgan fingerprint density at radius 3 is 2.73 bits per heavy atom. The van der Waals surface area contributed by atoms with Gasteiger partial charge in [0.1, 0.15) is 10.6 Å². The molecule has 176 valence electrons. The van der Waals surface area contributed by atoms with E-state index in [9.17, 15) is 9.59 Å². The van der Waals surface area contributed by atoms with Gasteiger partial charge in [-0.25, -0.2) is 4.98 Å². The molecular formula is C25H32N4O3S. The average molecular weight is 469 g/mol. The molecule has 0 atom stereocenters. The summed E-state index contributed by atoms with van der Waals surface area (Å²) in [7, 11) is 4.06. The Kier molecular flexibility index (Phi) is 7.45. The predicted octanol–water partition coefficient (Wildman–Crippen LogP) is 3.79. The van der Waals surface area contributed by atoms with Gasteiger partial charge in [0, 0.05) is 23.5 Å². The zero-order valence-electron chi connectivity index (χ0n) is 19.7. The number of carbonyl (C=O) groups is 1. The third kappa shape index (κ3) is 5.28. The van der Waals surface area contributed by atoms with E-state index >= 15 is 0 Å². The number of unbranched alkanes of at least 4 members (excludes halogenated alkanes) is 1. The van der Waals surface area contributed by atoms with Crippen LogP contribution in [0.2, 0.25) is 0 Å². The summed E-state index contributed by atoms with van der Waals surface area (Å²) < 4.78 is 7.42. The number of hydrogen-bond donors (Lipinski definition) is 0. The molecule has 1 aromatic carbocycles. The van der Waals surface area contributed by atoms with E-state index < -0.39 is 0 Å². The SMILES string of the molecule is CCCCOc1ccc(C(=O)N2CCc3c(sc4ncn(CCCN(C)C)c(=O)c34)C2)cc1. The highest BCUT2D eigenvalue weighted by atomic mass is 32.1. The number of amides is 1. The number of benzene rings is 1. The number of thiophene rings is 1. The molecule has 0 N–H and O–H groups in total. The Balaban J connectivity index is 1.48. The fraction of sp³-hybridized carbons (Fsp3) is 0.480. The molecule has 2 aromatic heterocycles. The number of aromatic nitrogens is 2. The fourth-order valence-corrected chi connectivity index (χ4v) is 5.31. The monoisotopic (exact) mass is 468 g/mol. The van der Waals surface area contributed by atoms with Crippen molar-refractivity contribution < 1.29 is 9.53 Å². The highest BCUT2D eigenvalue weighted by molar-refractivity contribution is 7.18. The first kappa shape index (κ1) is 23.4. The van der Waals surface area contributed by atoms with Gasteiger partial charge in [0.2, 0.25) is 0 Å². The van der Waals surface area contributed by atoms with Gasteiger partial charge in [-0.3, -0.25) is 14.2 Å². The Morgan fingerprint density at radius 1 is 1.21 bits per heavy atom. The van der Waals surface area contributed by atoms with Crippen LogP contribution in [-0.2, 0) is 19.5 Å². The van der Waals surface area contributed by atoms with Gasteiger partial charge in [-0.05, 0) is 69.7 Å². The van der Waals surface area contributed by atoms with Crippen molar-refractivity contribution in [3.05, 3.63) is 57.0 Å². The van der Waals surface area contributed by atoms with Crippen LogP contribution in [0.3, 0.4) is 0 Å². The van der Waals surface area contributed by atoms with E-state index in [0.29, 0.717) is 38.2 Å². The lowest BCUT2D eigenvalue weighted by atomic mass is 10.0. The van der Waals surface area contributed by atoms with E-state index in [1.54, 1.807) is 10.9 Å². The molecule has 3 heterocycles. The summed E-state index contributed by atoms with van der Waals surface area (Å²) in [6.07, 6.45) is 5.34. The first-order chi connectivity index (χ1) is 16.0. The second kappa shape index (κ2) is 10.5. The van der Waals surface area contributed by atoms with E-state index in [1.165, 1.54) is 11.3 Å². The lowest BCUT2D eigenvalue weighted by molar-refractivity contribution is 0.0737. The molecule has 0 saturated heterocycles. The minimum atomic E-state index is 0.00673. The summed E-state index contributed by atoms with van der Waals surface area (Å²) in [5.74, 6) is 0.797. The number of carbonyl (C=O) groups excluding carboxylic acids is 1. The Morgan fingerprint density at radius 2 is 2.00 bits per heavy atom. The lowest BCUT2D eigenvalue weighted by Crippen LogP contribution is -2.35. The zero-order chi connectivity index (χ0) is 23.4. The smallest absolute Gasteiger partial charge is 0.262 e. The highest BCUT2D eigenvalue weighted by Gasteiger charge is 2.27. The summed E-state index contributed by atoms with van der Waals surface area (Å²) in [6.45, 7) is 5.52. The predicted molar refractivity (Wildman–Crippen MR) is 132 cm³/mol. The van der Waals surface area contributed by atoms with Crippen molar-refractivity contribution >= 4 is 27.5 Å². The Hall–Kier alpha value is -2.71. The van der Waals surface area contributed by atoms with Crippen LogP contribution in [0.5, 0.6) is 5.75 Å². The van der Waals surface area contributed by atoms with E-state index in [-0.39, 0.29) is 11.5 Å². The molecule has 0 unspecified atom stereocenters. The van der Waals surface area contributed by atoms with Crippen LogP contribution in [0.15, 0.2) is 35.4 Å². The van der Waals surface area contributed by atoms with Crippen molar-refractivity contribution in [1.82, 2.24) is 19.4 Å². The molecule has 1 aliphatic rings. The van der Waals surface area contributed by atoms with E-state index in [4.69, 9.17) is 4.74 Å². The first-order valence-electron chi connectivity index (χ1n) is 11.6. The molecule has 0 aliphatic carbocycles. The molecular weight excluding hydrogens is 436 g/mol. The molecule has 1 aliphatic heterocycles. The zero-order valence-corrected chi connectivity index (χ0v) is 20.5. The second-order valence-electron chi connectivity index (χ2n) is 8.79. The summed E-state index contributed by atoms with van der Waals surface area (Å²) in [5, 5.41) is 0.739. The fourth-order valence-electron chi connectivity index (χ4n) is 4.12. The summed E-state index contributed by atoms with van der Waals surface area (Å²) in [4.78, 5) is 36.6. The van der Waals surface area contributed by atoms with E-state index in [1.807, 2.05) is 43.3 Å². The van der Waals surface area contributed by atoms with Crippen molar-refractivity contribution in [3.63, 3.8) is 0 Å². The molecule has 3 aromatic rings. The molecule has 0 spiro atoms. The molecule has 0 bridgehead atoms. The highest BCUT2D eigenvalue weighted by Crippen LogP contribution is 2.32. The van der Waals surface area contributed by atoms with Gasteiger partial charge >= 0.3 is 0 Å². The maximum Gasteiger partial charge on any atom is 0.262 e. The molecule has 0 saturated carbocycles. The topological polar surface area (TPSA) is 67.7 Å². The van der Waals surface area contributed by atoms with Crippen LogP contribution < -0.4 is 10.3 Å². The van der Waals surface area contributed by atoms with Gasteiger partial charge in [-0.2, -0.15) is 0 Å². The van der Waals surface area contributed by atoms with Gasteiger partial charge in [-0.1, -0.05) is 13.3 Å². The molecule has 8 heteroatoms. The minimum absolute atomic E-state index is 0.00673. The average Bonchev–Trinajstić information content (AvgIpc) is 3.19. The number of ether oxygens (including phenoxy) is 1. The third-order valence-electron chi connectivity index (χ3n) is 5.99. The number of nitrogens with zero attached hydrogens (tertiary/aromatic N) is 4. The van der Waals surface area contributed by atoms with Crippen LogP contribution in [0, 0.1) is 0 Å². The van der Waals surface area contributed by atoms with Crippen LogP contribution in [0.4, 0.5) is 0 Å². The number of rotatable bonds is 9.